The Kier molecular flexibility index (Phi) is 5.56. The van der Waals surface area contributed by atoms with Crippen LogP contribution in [0.4, 0.5) is 0 Å². The first-order chi connectivity index (χ1) is 7.72. The van der Waals surface area contributed by atoms with Gasteiger partial charge in [0.15, 0.2) is 0 Å². The number of hydrogen-bond acceptors (Lipinski definition) is 5. The first-order valence-electron chi connectivity index (χ1n) is 5.44. The lowest BCUT2D eigenvalue weighted by atomic mass is 10.3. The van der Waals surface area contributed by atoms with E-state index in [4.69, 9.17) is 9.47 Å². The van der Waals surface area contributed by atoms with E-state index in [-0.39, 0.29) is 0 Å². The van der Waals surface area contributed by atoms with E-state index in [0.717, 1.165) is 13.0 Å². The number of nitrogens with zero attached hydrogens (tertiary/aromatic N) is 2. The fraction of sp³-hybridized carbons (Fsp3) is 0.636. The number of nitrogens with one attached hydrogen (secondary N) is 1. The molecule has 0 aromatic carbocycles. The molecule has 0 atom stereocenters. The van der Waals surface area contributed by atoms with Crippen LogP contribution in [-0.2, 0) is 0 Å². The SMILES string of the molecule is COc1cc(OCCCNC(C)C)ncn1. The predicted molar refractivity (Wildman–Crippen MR) is 61.8 cm³/mol. The van der Waals surface area contributed by atoms with Crippen molar-refractivity contribution in [2.75, 3.05) is 20.3 Å². The lowest BCUT2D eigenvalue weighted by Gasteiger charge is -2.08. The van der Waals surface area contributed by atoms with E-state index in [0.29, 0.717) is 24.4 Å². The molecule has 5 nitrogen and oxygen atoms in total. The van der Waals surface area contributed by atoms with E-state index in [9.17, 15) is 0 Å². The van der Waals surface area contributed by atoms with Gasteiger partial charge in [-0.3, -0.25) is 0 Å². The Morgan fingerprint density at radius 3 is 2.75 bits per heavy atom. The number of hydrogen-bond donors (Lipinski definition) is 1. The van der Waals surface area contributed by atoms with Gasteiger partial charge in [0, 0.05) is 6.04 Å². The second-order valence-electron chi connectivity index (χ2n) is 3.71. The number of methoxy groups -OCH3 is 1. The van der Waals surface area contributed by atoms with Gasteiger partial charge in [0.2, 0.25) is 11.8 Å². The minimum atomic E-state index is 0.513. The summed E-state index contributed by atoms with van der Waals surface area (Å²) in [6.45, 7) is 5.83. The van der Waals surface area contributed by atoms with Gasteiger partial charge in [0.1, 0.15) is 6.33 Å². The summed E-state index contributed by atoms with van der Waals surface area (Å²) in [7, 11) is 1.57. The molecule has 90 valence electrons. The fourth-order valence-corrected chi connectivity index (χ4v) is 1.15. The van der Waals surface area contributed by atoms with Crippen LogP contribution in [0.3, 0.4) is 0 Å². The van der Waals surface area contributed by atoms with Gasteiger partial charge >= 0.3 is 0 Å². The molecule has 0 saturated carbocycles. The van der Waals surface area contributed by atoms with E-state index in [1.165, 1.54) is 6.33 Å². The Balaban J connectivity index is 2.21. The predicted octanol–water partition coefficient (Wildman–Crippen LogP) is 1.25. The lowest BCUT2D eigenvalue weighted by molar-refractivity contribution is 0.291. The Morgan fingerprint density at radius 1 is 1.31 bits per heavy atom. The van der Waals surface area contributed by atoms with E-state index >= 15 is 0 Å². The quantitative estimate of drug-likeness (QED) is 0.708. The molecule has 0 unspecified atom stereocenters. The fourth-order valence-electron chi connectivity index (χ4n) is 1.15. The van der Waals surface area contributed by atoms with Gasteiger partial charge in [-0.2, -0.15) is 0 Å². The van der Waals surface area contributed by atoms with Gasteiger partial charge in [0.25, 0.3) is 0 Å². The molecule has 1 aromatic heterocycles. The standard InChI is InChI=1S/C11H19N3O2/c1-9(2)12-5-4-6-16-11-7-10(15-3)13-8-14-11/h7-9,12H,4-6H2,1-3H3. The van der Waals surface area contributed by atoms with Gasteiger partial charge in [-0.15, -0.1) is 0 Å². The maximum Gasteiger partial charge on any atom is 0.220 e. The second kappa shape index (κ2) is 7.00. The zero-order chi connectivity index (χ0) is 11.8. The van der Waals surface area contributed by atoms with Crippen molar-refractivity contribution in [3.63, 3.8) is 0 Å². The van der Waals surface area contributed by atoms with Gasteiger partial charge in [-0.05, 0) is 13.0 Å². The summed E-state index contributed by atoms with van der Waals surface area (Å²) in [5, 5.41) is 3.32. The number of aromatic nitrogens is 2. The van der Waals surface area contributed by atoms with E-state index < -0.39 is 0 Å². The van der Waals surface area contributed by atoms with Crippen molar-refractivity contribution >= 4 is 0 Å². The molecule has 16 heavy (non-hydrogen) atoms. The maximum atomic E-state index is 5.46. The smallest absolute Gasteiger partial charge is 0.220 e. The highest BCUT2D eigenvalue weighted by Gasteiger charge is 1.99. The Labute approximate surface area is 96.2 Å². The summed E-state index contributed by atoms with van der Waals surface area (Å²) in [5.41, 5.74) is 0. The van der Waals surface area contributed by atoms with Crippen LogP contribution >= 0.6 is 0 Å². The van der Waals surface area contributed by atoms with Crippen molar-refractivity contribution in [3.8, 4) is 11.8 Å². The normalized spacial score (nSPS) is 10.5. The molecule has 0 fully saturated rings. The lowest BCUT2D eigenvalue weighted by Crippen LogP contribution is -2.24. The largest absolute Gasteiger partial charge is 0.481 e. The summed E-state index contributed by atoms with van der Waals surface area (Å²) in [4.78, 5) is 7.89. The third-order valence-corrected chi connectivity index (χ3v) is 1.95. The van der Waals surface area contributed by atoms with Crippen LogP contribution in [0.1, 0.15) is 20.3 Å². The molecule has 0 aliphatic carbocycles. The molecular formula is C11H19N3O2. The van der Waals surface area contributed by atoms with Gasteiger partial charge in [-0.1, -0.05) is 13.8 Å². The van der Waals surface area contributed by atoms with Crippen LogP contribution in [0, 0.1) is 0 Å². The number of rotatable bonds is 7. The zero-order valence-electron chi connectivity index (χ0n) is 10.1. The summed E-state index contributed by atoms with van der Waals surface area (Å²) < 4.78 is 10.4. The number of ether oxygens (including phenoxy) is 2. The molecule has 0 amide bonds. The van der Waals surface area contributed by atoms with Crippen LogP contribution in [0.25, 0.3) is 0 Å². The molecule has 0 aliphatic rings. The van der Waals surface area contributed by atoms with Crippen molar-refractivity contribution < 1.29 is 9.47 Å². The minimum absolute atomic E-state index is 0.513. The summed E-state index contributed by atoms with van der Waals surface area (Å²) in [6.07, 6.45) is 2.38. The second-order valence-corrected chi connectivity index (χ2v) is 3.71. The molecule has 1 N–H and O–H groups in total. The van der Waals surface area contributed by atoms with Crippen LogP contribution in [0.2, 0.25) is 0 Å². The molecule has 1 heterocycles. The summed E-state index contributed by atoms with van der Waals surface area (Å²) in [6, 6.07) is 2.19. The molecule has 5 heteroatoms. The zero-order valence-corrected chi connectivity index (χ0v) is 10.1. The average Bonchev–Trinajstić information content (AvgIpc) is 2.28. The molecule has 0 spiro atoms. The first kappa shape index (κ1) is 12.7. The van der Waals surface area contributed by atoms with Gasteiger partial charge in [0.05, 0.1) is 19.8 Å². The molecule has 0 saturated heterocycles. The van der Waals surface area contributed by atoms with Crippen LogP contribution in [0.5, 0.6) is 11.8 Å². The van der Waals surface area contributed by atoms with Crippen molar-refractivity contribution in [1.29, 1.82) is 0 Å². The molecule has 0 bridgehead atoms. The van der Waals surface area contributed by atoms with Crippen molar-refractivity contribution in [3.05, 3.63) is 12.4 Å². The van der Waals surface area contributed by atoms with E-state index in [1.54, 1.807) is 13.2 Å². The Bertz CT molecular complexity index is 305. The van der Waals surface area contributed by atoms with Crippen LogP contribution in [-0.4, -0.2) is 36.3 Å². The summed E-state index contributed by atoms with van der Waals surface area (Å²) >= 11 is 0. The van der Waals surface area contributed by atoms with Crippen LogP contribution < -0.4 is 14.8 Å². The highest BCUT2D eigenvalue weighted by Crippen LogP contribution is 2.12. The Hall–Kier alpha value is -1.36. The molecule has 0 radical (unpaired) electrons. The van der Waals surface area contributed by atoms with Crippen molar-refractivity contribution in [1.82, 2.24) is 15.3 Å². The summed E-state index contributed by atoms with van der Waals surface area (Å²) in [5.74, 6) is 1.07. The molecule has 1 rings (SSSR count). The van der Waals surface area contributed by atoms with Gasteiger partial charge < -0.3 is 14.8 Å². The topological polar surface area (TPSA) is 56.3 Å². The third-order valence-electron chi connectivity index (χ3n) is 1.95. The van der Waals surface area contributed by atoms with E-state index in [2.05, 4.69) is 29.1 Å². The van der Waals surface area contributed by atoms with Crippen LogP contribution in [0.15, 0.2) is 12.4 Å². The monoisotopic (exact) mass is 225 g/mol. The van der Waals surface area contributed by atoms with Crippen molar-refractivity contribution in [2.45, 2.75) is 26.3 Å². The molecule has 1 aromatic rings. The maximum absolute atomic E-state index is 5.46. The highest BCUT2D eigenvalue weighted by molar-refractivity contribution is 5.17. The molecule has 0 aliphatic heterocycles. The van der Waals surface area contributed by atoms with E-state index in [1.807, 2.05) is 0 Å². The average molecular weight is 225 g/mol. The highest BCUT2D eigenvalue weighted by atomic mass is 16.5. The van der Waals surface area contributed by atoms with Crippen molar-refractivity contribution in [2.24, 2.45) is 0 Å². The Morgan fingerprint density at radius 2 is 2.06 bits per heavy atom. The third kappa shape index (κ3) is 4.93. The molecular weight excluding hydrogens is 206 g/mol. The minimum Gasteiger partial charge on any atom is -0.481 e. The van der Waals surface area contributed by atoms with Gasteiger partial charge in [-0.25, -0.2) is 9.97 Å². The first-order valence-corrected chi connectivity index (χ1v) is 5.44.